The Balaban J connectivity index is 3.29. The standard InChI is InChI=1S/C32H68O4Si/c1-4-34-37(35-5-2,36-6-3)32-30-28-26-24-22-20-18-16-14-12-10-8-7-9-11-13-15-17-19-21-23-25-27-29-31-33/h33H,4-32H2,1-3H3. The van der Waals surface area contributed by atoms with E-state index in [0.29, 0.717) is 26.4 Å². The lowest BCUT2D eigenvalue weighted by Gasteiger charge is -2.28. The lowest BCUT2D eigenvalue weighted by atomic mass is 10.0. The van der Waals surface area contributed by atoms with Crippen LogP contribution in [0.5, 0.6) is 0 Å². The van der Waals surface area contributed by atoms with E-state index in [-0.39, 0.29) is 0 Å². The zero-order chi connectivity index (χ0) is 27.1. The van der Waals surface area contributed by atoms with Crippen LogP contribution < -0.4 is 0 Å². The van der Waals surface area contributed by atoms with Gasteiger partial charge in [0.2, 0.25) is 0 Å². The van der Waals surface area contributed by atoms with Crippen LogP contribution in [0.2, 0.25) is 6.04 Å². The average molecular weight is 545 g/mol. The first kappa shape index (κ1) is 37.1. The monoisotopic (exact) mass is 544 g/mol. The third-order valence-electron chi connectivity index (χ3n) is 7.48. The predicted molar refractivity (Wildman–Crippen MR) is 163 cm³/mol. The van der Waals surface area contributed by atoms with Gasteiger partial charge >= 0.3 is 8.80 Å². The molecule has 1 N–H and O–H groups in total. The van der Waals surface area contributed by atoms with Crippen LogP contribution in [0.1, 0.15) is 175 Å². The number of hydrogen-bond donors (Lipinski definition) is 1. The molecule has 0 unspecified atom stereocenters. The summed E-state index contributed by atoms with van der Waals surface area (Å²) in [5, 5.41) is 8.78. The molecular formula is C32H68O4Si. The SMILES string of the molecule is CCO[Si](CCCCCCCCCCCCCCCCCCCCCCCCCCO)(OCC)OCC. The van der Waals surface area contributed by atoms with Crippen LogP contribution in [0.3, 0.4) is 0 Å². The van der Waals surface area contributed by atoms with E-state index in [2.05, 4.69) is 0 Å². The van der Waals surface area contributed by atoms with Crippen LogP contribution in [-0.2, 0) is 13.3 Å². The average Bonchev–Trinajstić information content (AvgIpc) is 2.89. The summed E-state index contributed by atoms with van der Waals surface area (Å²) in [5.74, 6) is 0. The molecule has 0 heterocycles. The zero-order valence-corrected chi connectivity index (χ0v) is 26.7. The molecular weight excluding hydrogens is 476 g/mol. The number of hydrogen-bond acceptors (Lipinski definition) is 4. The molecule has 0 saturated carbocycles. The highest BCUT2D eigenvalue weighted by Crippen LogP contribution is 2.21. The molecule has 0 aliphatic carbocycles. The molecule has 0 aromatic heterocycles. The van der Waals surface area contributed by atoms with E-state index in [9.17, 15) is 0 Å². The van der Waals surface area contributed by atoms with Crippen molar-refractivity contribution in [2.75, 3.05) is 26.4 Å². The maximum atomic E-state index is 8.78. The van der Waals surface area contributed by atoms with Gasteiger partial charge < -0.3 is 18.4 Å². The van der Waals surface area contributed by atoms with Crippen molar-refractivity contribution in [1.82, 2.24) is 0 Å². The van der Waals surface area contributed by atoms with Gasteiger partial charge in [0.25, 0.3) is 0 Å². The van der Waals surface area contributed by atoms with Crippen molar-refractivity contribution in [1.29, 1.82) is 0 Å². The molecule has 0 amide bonds. The Morgan fingerprint density at radius 3 is 0.784 bits per heavy atom. The molecule has 0 fully saturated rings. The molecule has 0 radical (unpaired) electrons. The fourth-order valence-corrected chi connectivity index (χ4v) is 8.03. The molecule has 0 aromatic carbocycles. The Labute approximate surface area is 234 Å². The lowest BCUT2D eigenvalue weighted by Crippen LogP contribution is -2.45. The molecule has 0 aliphatic rings. The van der Waals surface area contributed by atoms with Gasteiger partial charge in [-0.2, -0.15) is 0 Å². The Hall–Kier alpha value is 0.0569. The van der Waals surface area contributed by atoms with E-state index in [0.717, 1.165) is 12.5 Å². The van der Waals surface area contributed by atoms with Crippen molar-refractivity contribution in [2.45, 2.75) is 181 Å². The van der Waals surface area contributed by atoms with Gasteiger partial charge in [0.15, 0.2) is 0 Å². The second-order valence-electron chi connectivity index (χ2n) is 10.9. The summed E-state index contributed by atoms with van der Waals surface area (Å²) >= 11 is 0. The highest BCUT2D eigenvalue weighted by molar-refractivity contribution is 6.60. The fraction of sp³-hybridized carbons (Fsp3) is 1.00. The molecule has 0 bridgehead atoms. The van der Waals surface area contributed by atoms with Gasteiger partial charge in [-0.05, 0) is 33.6 Å². The summed E-state index contributed by atoms with van der Waals surface area (Å²) in [6, 6.07) is 0.969. The quantitative estimate of drug-likeness (QED) is 0.0676. The number of aliphatic hydroxyl groups excluding tert-OH is 1. The molecule has 0 atom stereocenters. The summed E-state index contributed by atoms with van der Waals surface area (Å²) < 4.78 is 17.9. The summed E-state index contributed by atoms with van der Waals surface area (Å²) in [7, 11) is -2.42. The van der Waals surface area contributed by atoms with Crippen LogP contribution in [0.4, 0.5) is 0 Å². The highest BCUT2D eigenvalue weighted by Gasteiger charge is 2.39. The molecule has 0 spiro atoms. The van der Waals surface area contributed by atoms with Gasteiger partial charge in [-0.25, -0.2) is 0 Å². The van der Waals surface area contributed by atoms with Crippen molar-refractivity contribution in [3.05, 3.63) is 0 Å². The van der Waals surface area contributed by atoms with Gasteiger partial charge in [-0.15, -0.1) is 0 Å². The first-order chi connectivity index (χ1) is 18.2. The summed E-state index contributed by atoms with van der Waals surface area (Å²) in [5.41, 5.74) is 0. The van der Waals surface area contributed by atoms with Crippen LogP contribution in [0.25, 0.3) is 0 Å². The van der Waals surface area contributed by atoms with Gasteiger partial charge in [0.1, 0.15) is 0 Å². The van der Waals surface area contributed by atoms with Crippen molar-refractivity contribution in [2.24, 2.45) is 0 Å². The number of aliphatic hydroxyl groups is 1. The van der Waals surface area contributed by atoms with E-state index in [1.54, 1.807) is 0 Å². The molecule has 0 aromatic rings. The second kappa shape index (κ2) is 30.6. The van der Waals surface area contributed by atoms with Gasteiger partial charge in [0, 0.05) is 32.5 Å². The van der Waals surface area contributed by atoms with Crippen molar-refractivity contribution in [3.8, 4) is 0 Å². The molecule has 224 valence electrons. The first-order valence-electron chi connectivity index (χ1n) is 16.8. The highest BCUT2D eigenvalue weighted by atomic mass is 28.4. The maximum Gasteiger partial charge on any atom is 0.500 e. The normalized spacial score (nSPS) is 12.0. The van der Waals surface area contributed by atoms with E-state index < -0.39 is 8.80 Å². The van der Waals surface area contributed by atoms with Crippen molar-refractivity contribution >= 4 is 8.80 Å². The Morgan fingerprint density at radius 2 is 0.568 bits per heavy atom. The Bertz CT molecular complexity index is 405. The van der Waals surface area contributed by atoms with Crippen molar-refractivity contribution in [3.63, 3.8) is 0 Å². The Kier molecular flexibility index (Phi) is 30.6. The lowest BCUT2D eigenvalue weighted by molar-refractivity contribution is 0.0706. The van der Waals surface area contributed by atoms with Crippen LogP contribution in [0, 0.1) is 0 Å². The summed E-state index contributed by atoms with van der Waals surface area (Å²) in [6.45, 7) is 8.53. The van der Waals surface area contributed by atoms with Crippen molar-refractivity contribution < 1.29 is 18.4 Å². The largest absolute Gasteiger partial charge is 0.500 e. The van der Waals surface area contributed by atoms with Crippen LogP contribution >= 0.6 is 0 Å². The summed E-state index contributed by atoms with van der Waals surface area (Å²) in [4.78, 5) is 0. The van der Waals surface area contributed by atoms with E-state index >= 15 is 0 Å². The smallest absolute Gasteiger partial charge is 0.396 e. The zero-order valence-electron chi connectivity index (χ0n) is 25.7. The first-order valence-corrected chi connectivity index (χ1v) is 18.7. The minimum absolute atomic E-state index is 0.367. The van der Waals surface area contributed by atoms with Crippen LogP contribution in [-0.4, -0.2) is 40.3 Å². The van der Waals surface area contributed by atoms with E-state index in [4.69, 9.17) is 18.4 Å². The maximum absolute atomic E-state index is 8.78. The van der Waals surface area contributed by atoms with E-state index in [1.807, 2.05) is 20.8 Å². The third kappa shape index (κ3) is 26.1. The summed E-state index contributed by atoms with van der Waals surface area (Å²) in [6.07, 6.45) is 33.0. The minimum atomic E-state index is -2.42. The van der Waals surface area contributed by atoms with Gasteiger partial charge in [0.05, 0.1) is 0 Å². The molecule has 0 rings (SSSR count). The van der Waals surface area contributed by atoms with Gasteiger partial charge in [-0.1, -0.05) is 141 Å². The third-order valence-corrected chi connectivity index (χ3v) is 10.6. The molecule has 0 aliphatic heterocycles. The van der Waals surface area contributed by atoms with Crippen LogP contribution in [0.15, 0.2) is 0 Å². The molecule has 37 heavy (non-hydrogen) atoms. The second-order valence-corrected chi connectivity index (χ2v) is 13.7. The molecule has 4 nitrogen and oxygen atoms in total. The Morgan fingerprint density at radius 1 is 0.351 bits per heavy atom. The molecule has 0 saturated heterocycles. The number of unbranched alkanes of at least 4 members (excludes halogenated alkanes) is 23. The fourth-order valence-electron chi connectivity index (χ4n) is 5.34. The number of rotatable bonds is 32. The predicted octanol–water partition coefficient (Wildman–Crippen LogP) is 10.4. The molecule has 5 heteroatoms. The minimum Gasteiger partial charge on any atom is -0.396 e. The topological polar surface area (TPSA) is 47.9 Å². The van der Waals surface area contributed by atoms with E-state index in [1.165, 1.54) is 148 Å². The van der Waals surface area contributed by atoms with Gasteiger partial charge in [-0.3, -0.25) is 0 Å².